The van der Waals surface area contributed by atoms with E-state index in [9.17, 15) is 9.59 Å². The van der Waals surface area contributed by atoms with Crippen molar-refractivity contribution in [2.24, 2.45) is 0 Å². The van der Waals surface area contributed by atoms with Crippen molar-refractivity contribution in [2.45, 2.75) is 59.2 Å². The van der Waals surface area contributed by atoms with Gasteiger partial charge in [0.15, 0.2) is 11.8 Å². The zero-order valence-corrected chi connectivity index (χ0v) is 22.8. The zero-order chi connectivity index (χ0) is 27.3. The summed E-state index contributed by atoms with van der Waals surface area (Å²) >= 11 is 0. The molecule has 0 aromatic carbocycles. The van der Waals surface area contributed by atoms with Gasteiger partial charge in [-0.3, -0.25) is 14.5 Å². The fourth-order valence-corrected chi connectivity index (χ4v) is 4.33. The van der Waals surface area contributed by atoms with Crippen molar-refractivity contribution in [3.63, 3.8) is 0 Å². The van der Waals surface area contributed by atoms with Gasteiger partial charge >= 0.3 is 0 Å². The lowest BCUT2D eigenvalue weighted by Gasteiger charge is -2.33. The Bertz CT molecular complexity index is 1220. The predicted octanol–water partition coefficient (Wildman–Crippen LogP) is 2.35. The first kappa shape index (κ1) is 27.5. The Morgan fingerprint density at radius 2 is 1.79 bits per heavy atom. The Morgan fingerprint density at radius 3 is 2.42 bits per heavy atom. The summed E-state index contributed by atoms with van der Waals surface area (Å²) in [6.45, 7) is 13.3. The quantitative estimate of drug-likeness (QED) is 0.422. The van der Waals surface area contributed by atoms with E-state index < -0.39 is 11.6 Å². The first-order valence-corrected chi connectivity index (χ1v) is 12.9. The number of ether oxygens (including phenoxy) is 1. The first-order chi connectivity index (χ1) is 18.1. The Hall–Kier alpha value is -3.51. The molecule has 38 heavy (non-hydrogen) atoms. The molecule has 0 bridgehead atoms. The number of hydrogen-bond donors (Lipinski definition) is 1. The van der Waals surface area contributed by atoms with Crippen molar-refractivity contribution in [3.8, 4) is 11.6 Å². The van der Waals surface area contributed by atoms with Crippen LogP contribution in [0.4, 0.5) is 0 Å². The van der Waals surface area contributed by atoms with Gasteiger partial charge in [-0.15, -0.1) is 10.2 Å². The lowest BCUT2D eigenvalue weighted by molar-refractivity contribution is -0.143. The van der Waals surface area contributed by atoms with Crippen molar-refractivity contribution < 1.29 is 23.2 Å². The van der Waals surface area contributed by atoms with Gasteiger partial charge < -0.3 is 23.8 Å². The topological polar surface area (TPSA) is 132 Å². The second-order valence-corrected chi connectivity index (χ2v) is 10.5. The van der Waals surface area contributed by atoms with Crippen LogP contribution in [-0.4, -0.2) is 86.8 Å². The van der Waals surface area contributed by atoms with Gasteiger partial charge in [0.25, 0.3) is 5.91 Å². The molecule has 0 spiro atoms. The number of morpholine rings is 1. The molecule has 1 atom stereocenters. The molecule has 206 valence electrons. The summed E-state index contributed by atoms with van der Waals surface area (Å²) in [5.74, 6) is 1.90. The maximum atomic E-state index is 13.8. The number of carbonyl (C=O) groups excluding carboxylic acids is 2. The molecule has 1 saturated heterocycles. The summed E-state index contributed by atoms with van der Waals surface area (Å²) in [6.07, 6.45) is 0.673. The van der Waals surface area contributed by atoms with E-state index in [0.717, 1.165) is 25.4 Å². The van der Waals surface area contributed by atoms with Crippen LogP contribution in [0.25, 0.3) is 11.6 Å². The van der Waals surface area contributed by atoms with Crippen LogP contribution in [-0.2, 0) is 20.9 Å². The molecule has 12 nitrogen and oxygen atoms in total. The summed E-state index contributed by atoms with van der Waals surface area (Å²) < 4.78 is 16.9. The fourth-order valence-electron chi connectivity index (χ4n) is 4.33. The maximum absolute atomic E-state index is 13.8. The highest BCUT2D eigenvalue weighted by Crippen LogP contribution is 2.26. The van der Waals surface area contributed by atoms with Crippen LogP contribution in [0.3, 0.4) is 0 Å². The summed E-state index contributed by atoms with van der Waals surface area (Å²) in [5.41, 5.74) is -0.497. The van der Waals surface area contributed by atoms with E-state index in [4.69, 9.17) is 13.6 Å². The number of carbonyl (C=O) groups is 2. The van der Waals surface area contributed by atoms with E-state index in [0.29, 0.717) is 43.5 Å². The second kappa shape index (κ2) is 11.9. The second-order valence-electron chi connectivity index (χ2n) is 10.5. The van der Waals surface area contributed by atoms with Gasteiger partial charge in [0.05, 0.1) is 13.2 Å². The van der Waals surface area contributed by atoms with Gasteiger partial charge in [0.2, 0.25) is 11.7 Å². The third-order valence-corrected chi connectivity index (χ3v) is 6.08. The minimum absolute atomic E-state index is 0.191. The highest BCUT2D eigenvalue weighted by atomic mass is 16.5. The highest BCUT2D eigenvalue weighted by molar-refractivity contribution is 5.88. The van der Waals surface area contributed by atoms with Gasteiger partial charge in [-0.25, -0.2) is 0 Å². The van der Waals surface area contributed by atoms with Crippen LogP contribution < -0.4 is 5.32 Å². The average Bonchev–Trinajstić information content (AvgIpc) is 3.59. The Morgan fingerprint density at radius 1 is 1.08 bits per heavy atom. The van der Waals surface area contributed by atoms with E-state index in [2.05, 4.69) is 25.6 Å². The highest BCUT2D eigenvalue weighted by Gasteiger charge is 2.35. The Labute approximate surface area is 222 Å². The van der Waals surface area contributed by atoms with Crippen LogP contribution >= 0.6 is 0 Å². The minimum atomic E-state index is -0.948. The van der Waals surface area contributed by atoms with Gasteiger partial charge in [0.1, 0.15) is 23.8 Å². The molecule has 4 rings (SSSR count). The van der Waals surface area contributed by atoms with Gasteiger partial charge in [-0.05, 0) is 70.5 Å². The van der Waals surface area contributed by atoms with Gasteiger partial charge in [0, 0.05) is 31.7 Å². The predicted molar refractivity (Wildman–Crippen MR) is 138 cm³/mol. The summed E-state index contributed by atoms with van der Waals surface area (Å²) in [5, 5.41) is 15.4. The maximum Gasteiger partial charge on any atom is 0.251 e. The number of aryl methyl sites for hydroxylation is 2. The summed E-state index contributed by atoms with van der Waals surface area (Å²) in [7, 11) is 0. The molecule has 1 fully saturated rings. The lowest BCUT2D eigenvalue weighted by Crippen LogP contribution is -2.50. The van der Waals surface area contributed by atoms with Crippen LogP contribution in [0.2, 0.25) is 0 Å². The fraction of sp³-hybridized carbons (Fsp3) is 0.577. The number of furan rings is 2. The average molecular weight is 528 g/mol. The molecule has 0 radical (unpaired) electrons. The normalized spacial score (nSPS) is 15.4. The van der Waals surface area contributed by atoms with Crippen molar-refractivity contribution in [2.75, 3.05) is 39.4 Å². The van der Waals surface area contributed by atoms with Crippen LogP contribution in [0.5, 0.6) is 0 Å². The van der Waals surface area contributed by atoms with Crippen LogP contribution in [0.1, 0.15) is 50.5 Å². The van der Waals surface area contributed by atoms with Crippen molar-refractivity contribution in [3.05, 3.63) is 41.5 Å². The van der Waals surface area contributed by atoms with E-state index in [1.54, 1.807) is 29.2 Å². The number of nitrogens with one attached hydrogen (secondary N) is 1. The Kier molecular flexibility index (Phi) is 8.62. The van der Waals surface area contributed by atoms with Crippen molar-refractivity contribution in [1.29, 1.82) is 0 Å². The minimum Gasteiger partial charge on any atom is -0.464 e. The number of nitrogens with zero attached hydrogens (tertiary/aromatic N) is 6. The molecule has 4 heterocycles. The number of aromatic nitrogens is 4. The molecule has 3 aromatic heterocycles. The molecule has 1 aliphatic heterocycles. The molecule has 1 N–H and O–H groups in total. The number of amides is 2. The molecular formula is C26H37N7O5. The van der Waals surface area contributed by atoms with Gasteiger partial charge in [-0.2, -0.15) is 4.80 Å². The Balaban J connectivity index is 1.57. The zero-order valence-electron chi connectivity index (χ0n) is 22.8. The first-order valence-electron chi connectivity index (χ1n) is 12.9. The largest absolute Gasteiger partial charge is 0.464 e. The molecule has 12 heteroatoms. The molecule has 0 aliphatic carbocycles. The lowest BCUT2D eigenvalue weighted by atomic mass is 10.1. The standard InChI is InChI=1S/C26H37N7O5/c1-18-7-9-20(37-18)23(25(35)27-26(3,4)5)32(12-6-11-31-13-15-36-16-14-31)22(34)17-33-29-24(28-30-33)21-10-8-19(2)38-21/h7-10,23H,6,11-17H2,1-5H3,(H,27,35)/t23-/m0/s1. The third-order valence-electron chi connectivity index (χ3n) is 6.08. The summed E-state index contributed by atoms with van der Waals surface area (Å²) in [4.78, 5) is 32.4. The smallest absolute Gasteiger partial charge is 0.251 e. The van der Waals surface area contributed by atoms with E-state index in [1.165, 1.54) is 4.80 Å². The van der Waals surface area contributed by atoms with E-state index >= 15 is 0 Å². The molecule has 2 amide bonds. The van der Waals surface area contributed by atoms with Crippen LogP contribution in [0.15, 0.2) is 33.1 Å². The molecule has 3 aromatic rings. The van der Waals surface area contributed by atoms with E-state index in [1.807, 2.05) is 34.6 Å². The number of tetrazole rings is 1. The van der Waals surface area contributed by atoms with Crippen LogP contribution in [0, 0.1) is 13.8 Å². The van der Waals surface area contributed by atoms with Crippen molar-refractivity contribution in [1.82, 2.24) is 35.3 Å². The molecular weight excluding hydrogens is 490 g/mol. The monoisotopic (exact) mass is 527 g/mol. The number of rotatable bonds is 10. The van der Waals surface area contributed by atoms with E-state index in [-0.39, 0.29) is 24.2 Å². The summed E-state index contributed by atoms with van der Waals surface area (Å²) in [6, 6.07) is 6.15. The van der Waals surface area contributed by atoms with Gasteiger partial charge in [-0.1, -0.05) is 0 Å². The van der Waals surface area contributed by atoms with Crippen molar-refractivity contribution >= 4 is 11.8 Å². The molecule has 1 aliphatic rings. The number of hydrogen-bond acceptors (Lipinski definition) is 9. The SMILES string of the molecule is Cc1ccc(-c2nnn(CC(=O)N(CCCN3CCOCC3)[C@H](C(=O)NC(C)(C)C)c3ccc(C)o3)n2)o1. The molecule has 0 saturated carbocycles. The third kappa shape index (κ3) is 7.29. The molecule has 0 unspecified atom stereocenters.